The van der Waals surface area contributed by atoms with E-state index in [-0.39, 0.29) is 11.1 Å². The lowest BCUT2D eigenvalue weighted by atomic mass is 10.1. The van der Waals surface area contributed by atoms with E-state index < -0.39 is 17.8 Å². The Bertz CT molecular complexity index is 774. The van der Waals surface area contributed by atoms with Gasteiger partial charge in [-0.15, -0.1) is 11.3 Å². The third-order valence-electron chi connectivity index (χ3n) is 3.58. The maximum atomic E-state index is 12.1. The van der Waals surface area contributed by atoms with E-state index in [1.165, 1.54) is 29.7 Å². The first kappa shape index (κ1) is 13.1. The molecule has 0 saturated heterocycles. The van der Waals surface area contributed by atoms with E-state index in [1.807, 2.05) is 0 Å². The van der Waals surface area contributed by atoms with Gasteiger partial charge in [0.05, 0.1) is 22.3 Å². The first-order valence-corrected chi connectivity index (χ1v) is 7.62. The number of imide groups is 1. The molecular formula is C15H10N2O4S. The van der Waals surface area contributed by atoms with Crippen molar-refractivity contribution < 1.29 is 19.2 Å². The lowest BCUT2D eigenvalue weighted by molar-refractivity contribution is -0.0581. The van der Waals surface area contributed by atoms with Gasteiger partial charge in [0.1, 0.15) is 4.88 Å². The molecule has 0 radical (unpaired) electrons. The first-order chi connectivity index (χ1) is 10.6. The molecule has 7 heteroatoms. The molecule has 110 valence electrons. The van der Waals surface area contributed by atoms with Gasteiger partial charge in [-0.2, -0.15) is 0 Å². The van der Waals surface area contributed by atoms with Crippen LogP contribution in [-0.4, -0.2) is 27.8 Å². The SMILES string of the molecule is O=C(ON1C(=O)c2ccccc2C1=O)c1cnc(C2CC2)s1. The summed E-state index contributed by atoms with van der Waals surface area (Å²) in [7, 11) is 0. The summed E-state index contributed by atoms with van der Waals surface area (Å²) in [4.78, 5) is 45.8. The molecule has 2 aliphatic rings. The molecule has 0 spiro atoms. The van der Waals surface area contributed by atoms with Crippen molar-refractivity contribution in [3.8, 4) is 0 Å². The number of fused-ring (bicyclic) bond motifs is 1. The van der Waals surface area contributed by atoms with Crippen LogP contribution in [0.4, 0.5) is 0 Å². The fourth-order valence-electron chi connectivity index (χ4n) is 2.28. The second-order valence-electron chi connectivity index (χ2n) is 5.17. The lowest BCUT2D eigenvalue weighted by Crippen LogP contribution is -2.32. The number of thiazole rings is 1. The van der Waals surface area contributed by atoms with Crippen LogP contribution in [0.5, 0.6) is 0 Å². The van der Waals surface area contributed by atoms with E-state index in [0.29, 0.717) is 15.9 Å². The van der Waals surface area contributed by atoms with E-state index >= 15 is 0 Å². The van der Waals surface area contributed by atoms with Gasteiger partial charge in [-0.05, 0) is 25.0 Å². The number of aromatic nitrogens is 1. The molecule has 1 saturated carbocycles. The number of amides is 2. The third kappa shape index (κ3) is 2.01. The summed E-state index contributed by atoms with van der Waals surface area (Å²) < 4.78 is 0. The molecule has 4 rings (SSSR count). The maximum Gasteiger partial charge on any atom is 0.375 e. The van der Waals surface area contributed by atoms with Crippen molar-refractivity contribution >= 4 is 29.1 Å². The van der Waals surface area contributed by atoms with Crippen molar-refractivity contribution in [3.05, 3.63) is 51.5 Å². The number of hydroxylamine groups is 2. The lowest BCUT2D eigenvalue weighted by Gasteiger charge is -2.11. The van der Waals surface area contributed by atoms with Gasteiger partial charge in [0.15, 0.2) is 0 Å². The molecule has 1 aromatic carbocycles. The maximum absolute atomic E-state index is 12.1. The van der Waals surface area contributed by atoms with Gasteiger partial charge < -0.3 is 4.84 Å². The Morgan fingerprint density at radius 1 is 1.18 bits per heavy atom. The molecule has 2 aromatic rings. The van der Waals surface area contributed by atoms with Crippen LogP contribution in [0.3, 0.4) is 0 Å². The molecular weight excluding hydrogens is 304 g/mol. The first-order valence-electron chi connectivity index (χ1n) is 6.81. The Hall–Kier alpha value is -2.54. The molecule has 2 heterocycles. The number of nitrogens with zero attached hydrogens (tertiary/aromatic N) is 2. The fourth-order valence-corrected chi connectivity index (χ4v) is 3.24. The monoisotopic (exact) mass is 314 g/mol. The summed E-state index contributed by atoms with van der Waals surface area (Å²) in [5.74, 6) is -1.55. The smallest absolute Gasteiger partial charge is 0.323 e. The Morgan fingerprint density at radius 2 is 1.82 bits per heavy atom. The summed E-state index contributed by atoms with van der Waals surface area (Å²) in [6.07, 6.45) is 3.60. The molecule has 22 heavy (non-hydrogen) atoms. The number of hydrogen-bond donors (Lipinski definition) is 0. The van der Waals surface area contributed by atoms with Crippen molar-refractivity contribution in [2.24, 2.45) is 0 Å². The molecule has 0 unspecified atom stereocenters. The number of carbonyl (C=O) groups is 3. The molecule has 1 aliphatic heterocycles. The Balaban J connectivity index is 1.55. The molecule has 1 aliphatic carbocycles. The van der Waals surface area contributed by atoms with E-state index in [9.17, 15) is 14.4 Å². The third-order valence-corrected chi connectivity index (χ3v) is 4.72. The molecule has 0 atom stereocenters. The molecule has 1 fully saturated rings. The van der Waals surface area contributed by atoms with Crippen LogP contribution in [0.2, 0.25) is 0 Å². The topological polar surface area (TPSA) is 76.6 Å². The Kier molecular flexibility index (Phi) is 2.83. The quantitative estimate of drug-likeness (QED) is 0.813. The summed E-state index contributed by atoms with van der Waals surface area (Å²) in [5.41, 5.74) is 0.478. The zero-order valence-corrected chi connectivity index (χ0v) is 12.1. The highest BCUT2D eigenvalue weighted by atomic mass is 32.1. The van der Waals surface area contributed by atoms with Gasteiger partial charge in [0, 0.05) is 5.92 Å². The van der Waals surface area contributed by atoms with Gasteiger partial charge in [0.25, 0.3) is 11.8 Å². The van der Waals surface area contributed by atoms with Crippen molar-refractivity contribution in [2.45, 2.75) is 18.8 Å². The second-order valence-corrected chi connectivity index (χ2v) is 6.23. The van der Waals surface area contributed by atoms with E-state index in [1.54, 1.807) is 12.1 Å². The normalized spacial score (nSPS) is 16.8. The van der Waals surface area contributed by atoms with Crippen LogP contribution < -0.4 is 0 Å². The minimum absolute atomic E-state index is 0.239. The van der Waals surface area contributed by atoms with Crippen LogP contribution in [0.1, 0.15) is 54.2 Å². The van der Waals surface area contributed by atoms with Crippen LogP contribution in [0, 0.1) is 0 Å². The van der Waals surface area contributed by atoms with Gasteiger partial charge in [0.2, 0.25) is 0 Å². The minimum atomic E-state index is -0.737. The van der Waals surface area contributed by atoms with Crippen molar-refractivity contribution in [2.75, 3.05) is 0 Å². The molecule has 0 bridgehead atoms. The number of rotatable bonds is 3. The van der Waals surface area contributed by atoms with Gasteiger partial charge >= 0.3 is 5.97 Å². The van der Waals surface area contributed by atoms with E-state index in [0.717, 1.165) is 17.8 Å². The summed E-state index contributed by atoms with van der Waals surface area (Å²) >= 11 is 1.25. The zero-order valence-electron chi connectivity index (χ0n) is 11.3. The molecule has 1 aromatic heterocycles. The van der Waals surface area contributed by atoms with Crippen molar-refractivity contribution in [1.82, 2.24) is 10.0 Å². The van der Waals surface area contributed by atoms with Crippen molar-refractivity contribution in [3.63, 3.8) is 0 Å². The summed E-state index contributed by atoms with van der Waals surface area (Å²) in [6, 6.07) is 6.36. The fraction of sp³-hybridized carbons (Fsp3) is 0.200. The molecule has 6 nitrogen and oxygen atoms in total. The molecule has 0 N–H and O–H groups in total. The highest BCUT2D eigenvalue weighted by Crippen LogP contribution is 2.41. The highest BCUT2D eigenvalue weighted by Gasteiger charge is 2.39. The largest absolute Gasteiger partial charge is 0.375 e. The Labute approximate surface area is 129 Å². The second kappa shape index (κ2) is 4.74. The van der Waals surface area contributed by atoms with Gasteiger partial charge in [-0.3, -0.25) is 9.59 Å². The highest BCUT2D eigenvalue weighted by molar-refractivity contribution is 7.13. The van der Waals surface area contributed by atoms with Crippen LogP contribution in [-0.2, 0) is 4.84 Å². The van der Waals surface area contributed by atoms with Crippen LogP contribution in [0.15, 0.2) is 30.5 Å². The predicted octanol–water partition coefficient (Wildman–Crippen LogP) is 2.39. The van der Waals surface area contributed by atoms with Gasteiger partial charge in [-0.25, -0.2) is 9.78 Å². The average molecular weight is 314 g/mol. The summed E-state index contributed by atoms with van der Waals surface area (Å²) in [6.45, 7) is 0. The van der Waals surface area contributed by atoms with Crippen LogP contribution in [0.25, 0.3) is 0 Å². The van der Waals surface area contributed by atoms with Gasteiger partial charge in [-0.1, -0.05) is 17.2 Å². The number of hydrogen-bond acceptors (Lipinski definition) is 6. The molecule has 2 amide bonds. The number of carbonyl (C=O) groups excluding carboxylic acids is 3. The summed E-state index contributed by atoms with van der Waals surface area (Å²) in [5, 5.41) is 1.41. The minimum Gasteiger partial charge on any atom is -0.323 e. The standard InChI is InChI=1S/C15H10N2O4S/c18-13-9-3-1-2-4-10(9)14(19)17(13)21-15(20)11-7-16-12(22-11)8-5-6-8/h1-4,7-8H,5-6H2. The number of benzene rings is 1. The predicted molar refractivity (Wildman–Crippen MR) is 76.4 cm³/mol. The van der Waals surface area contributed by atoms with E-state index in [4.69, 9.17) is 4.84 Å². The van der Waals surface area contributed by atoms with Crippen molar-refractivity contribution in [1.29, 1.82) is 0 Å². The zero-order chi connectivity index (χ0) is 15.3. The van der Waals surface area contributed by atoms with E-state index in [2.05, 4.69) is 4.98 Å². The van der Waals surface area contributed by atoms with Crippen LogP contribution >= 0.6 is 11.3 Å². The average Bonchev–Trinajstić information content (AvgIpc) is 3.22. The Morgan fingerprint density at radius 3 is 2.41 bits per heavy atom.